The number of hydrogen-bond acceptors (Lipinski definition) is 4. The molecule has 7 nitrogen and oxygen atoms in total. The number of fused-ring (bicyclic) bond motifs is 1. The van der Waals surface area contributed by atoms with E-state index in [2.05, 4.69) is 19.2 Å². The van der Waals surface area contributed by atoms with Crippen molar-refractivity contribution in [2.75, 3.05) is 20.7 Å². The van der Waals surface area contributed by atoms with Gasteiger partial charge >= 0.3 is 0 Å². The van der Waals surface area contributed by atoms with E-state index < -0.39 is 5.54 Å². The molecule has 1 N–H and O–H groups in total. The van der Waals surface area contributed by atoms with Crippen molar-refractivity contribution < 1.29 is 19.1 Å². The van der Waals surface area contributed by atoms with Gasteiger partial charge in [-0.05, 0) is 50.1 Å². The van der Waals surface area contributed by atoms with Crippen LogP contribution in [0.2, 0.25) is 0 Å². The minimum Gasteiger partial charge on any atom is -0.497 e. The summed E-state index contributed by atoms with van der Waals surface area (Å²) in [5.74, 6) is -0.0355. The lowest BCUT2D eigenvalue weighted by atomic mass is 9.81. The van der Waals surface area contributed by atoms with Gasteiger partial charge in [-0.3, -0.25) is 19.0 Å². The lowest BCUT2D eigenvalue weighted by Gasteiger charge is -2.37. The maximum atomic E-state index is 14.5. The number of carbonyl (C=O) groups is 3. The van der Waals surface area contributed by atoms with Crippen molar-refractivity contribution in [3.05, 3.63) is 65.4 Å². The molecular formula is C32H43N3O4. The highest BCUT2D eigenvalue weighted by Gasteiger charge is 2.46. The summed E-state index contributed by atoms with van der Waals surface area (Å²) in [6, 6.07) is 14.6. The first kappa shape index (κ1) is 29.9. The standard InChI is InChI=1S/C32H43N3O4/c1-7-9-11-15-20-32(33-24(4)36,31(38)34(5)21-10-8-2)29-23(3)35(30(37)25-16-13-12-14-17-25)28-19-18-26(39-6)22-27(28)29/h12-14,16-19,22H,7-11,15,20-21H2,1-6H3,(H,33,36). The monoisotopic (exact) mass is 533 g/mol. The van der Waals surface area contributed by atoms with Crippen LogP contribution in [-0.2, 0) is 15.1 Å². The molecule has 2 amide bonds. The first-order valence-corrected chi connectivity index (χ1v) is 14.0. The van der Waals surface area contributed by atoms with Gasteiger partial charge in [-0.15, -0.1) is 0 Å². The van der Waals surface area contributed by atoms with Gasteiger partial charge in [0.25, 0.3) is 11.8 Å². The molecule has 0 spiro atoms. The van der Waals surface area contributed by atoms with E-state index in [1.165, 1.54) is 6.92 Å². The zero-order valence-electron chi connectivity index (χ0n) is 24.3. The Kier molecular flexibility index (Phi) is 10.3. The molecule has 0 saturated carbocycles. The topological polar surface area (TPSA) is 80.6 Å². The number of ether oxygens (including phenoxy) is 1. The Morgan fingerprint density at radius 3 is 2.28 bits per heavy atom. The lowest BCUT2D eigenvalue weighted by molar-refractivity contribution is -0.141. The average Bonchev–Trinajstić information content (AvgIpc) is 3.23. The normalized spacial score (nSPS) is 12.7. The number of nitrogens with one attached hydrogen (secondary N) is 1. The zero-order chi connectivity index (χ0) is 28.6. The summed E-state index contributed by atoms with van der Waals surface area (Å²) in [5.41, 5.74) is 1.16. The van der Waals surface area contributed by atoms with Crippen LogP contribution in [-0.4, -0.2) is 47.9 Å². The van der Waals surface area contributed by atoms with Crippen molar-refractivity contribution in [2.24, 2.45) is 0 Å². The highest BCUT2D eigenvalue weighted by atomic mass is 16.5. The third kappa shape index (κ3) is 6.35. The Hall–Kier alpha value is -3.61. The number of nitrogens with zero attached hydrogens (tertiary/aromatic N) is 2. The molecule has 210 valence electrons. The minimum atomic E-state index is -1.33. The molecule has 1 aromatic heterocycles. The van der Waals surface area contributed by atoms with Crippen LogP contribution in [0.1, 0.15) is 87.3 Å². The van der Waals surface area contributed by atoms with E-state index in [0.717, 1.165) is 43.9 Å². The number of unbranched alkanes of at least 4 members (excludes halogenated alkanes) is 4. The van der Waals surface area contributed by atoms with Gasteiger partial charge < -0.3 is 15.0 Å². The maximum absolute atomic E-state index is 14.5. The molecule has 39 heavy (non-hydrogen) atoms. The number of methoxy groups -OCH3 is 1. The molecule has 3 rings (SSSR count). The molecular weight excluding hydrogens is 490 g/mol. The Morgan fingerprint density at radius 2 is 1.67 bits per heavy atom. The highest BCUT2D eigenvalue weighted by Crippen LogP contribution is 2.41. The van der Waals surface area contributed by atoms with E-state index in [1.807, 2.05) is 43.3 Å². The molecule has 0 aliphatic carbocycles. The predicted octanol–water partition coefficient (Wildman–Crippen LogP) is 6.21. The number of amides is 2. The second kappa shape index (κ2) is 13.5. The third-order valence-corrected chi connectivity index (χ3v) is 7.42. The average molecular weight is 534 g/mol. The number of likely N-dealkylation sites (N-methyl/N-ethyl adjacent to an activating group) is 1. The number of carbonyl (C=O) groups excluding carboxylic acids is 3. The number of rotatable bonds is 13. The van der Waals surface area contributed by atoms with E-state index in [-0.39, 0.29) is 17.7 Å². The summed E-state index contributed by atoms with van der Waals surface area (Å²) in [6.45, 7) is 8.12. The van der Waals surface area contributed by atoms with Crippen molar-refractivity contribution >= 4 is 28.6 Å². The van der Waals surface area contributed by atoms with Crippen LogP contribution in [0.5, 0.6) is 5.75 Å². The van der Waals surface area contributed by atoms with Crippen molar-refractivity contribution in [1.82, 2.24) is 14.8 Å². The lowest BCUT2D eigenvalue weighted by Crippen LogP contribution is -2.56. The molecule has 0 aliphatic rings. The second-order valence-corrected chi connectivity index (χ2v) is 10.3. The summed E-state index contributed by atoms with van der Waals surface area (Å²) >= 11 is 0. The van der Waals surface area contributed by atoms with E-state index in [1.54, 1.807) is 35.8 Å². The smallest absolute Gasteiger partial charge is 0.262 e. The van der Waals surface area contributed by atoms with Crippen LogP contribution >= 0.6 is 0 Å². The Balaban J connectivity index is 2.36. The number of aromatic nitrogens is 1. The van der Waals surface area contributed by atoms with Gasteiger partial charge in [-0.25, -0.2) is 0 Å². The fraction of sp³-hybridized carbons (Fsp3) is 0.469. The van der Waals surface area contributed by atoms with Gasteiger partial charge in [0.1, 0.15) is 11.3 Å². The zero-order valence-corrected chi connectivity index (χ0v) is 24.3. The van der Waals surface area contributed by atoms with E-state index in [4.69, 9.17) is 4.74 Å². The van der Waals surface area contributed by atoms with Crippen molar-refractivity contribution in [2.45, 2.75) is 78.2 Å². The molecule has 0 fully saturated rings. The van der Waals surface area contributed by atoms with E-state index >= 15 is 0 Å². The fourth-order valence-electron chi connectivity index (χ4n) is 5.49. The van der Waals surface area contributed by atoms with Crippen LogP contribution in [0.15, 0.2) is 48.5 Å². The molecule has 2 aromatic carbocycles. The van der Waals surface area contributed by atoms with E-state index in [0.29, 0.717) is 41.1 Å². The molecule has 1 unspecified atom stereocenters. The summed E-state index contributed by atoms with van der Waals surface area (Å²) in [6.07, 6.45) is 6.02. The van der Waals surface area contributed by atoms with Gasteiger partial charge in [0, 0.05) is 42.7 Å². The number of benzene rings is 2. The molecule has 0 bridgehead atoms. The number of hydrogen-bond donors (Lipinski definition) is 1. The van der Waals surface area contributed by atoms with Crippen LogP contribution in [0.25, 0.3) is 10.9 Å². The fourth-order valence-corrected chi connectivity index (χ4v) is 5.49. The molecule has 1 atom stereocenters. The Morgan fingerprint density at radius 1 is 0.974 bits per heavy atom. The Labute approximate surface area is 232 Å². The van der Waals surface area contributed by atoms with Crippen LogP contribution < -0.4 is 10.1 Å². The first-order valence-electron chi connectivity index (χ1n) is 14.0. The third-order valence-electron chi connectivity index (χ3n) is 7.42. The van der Waals surface area contributed by atoms with Gasteiger partial charge in [0.15, 0.2) is 0 Å². The molecule has 1 heterocycles. The van der Waals surface area contributed by atoms with Gasteiger partial charge in [0.05, 0.1) is 12.6 Å². The molecule has 0 saturated heterocycles. The van der Waals surface area contributed by atoms with Crippen LogP contribution in [0, 0.1) is 6.92 Å². The molecule has 0 radical (unpaired) electrons. The predicted molar refractivity (Wildman–Crippen MR) is 156 cm³/mol. The minimum absolute atomic E-state index is 0.167. The quantitative estimate of drug-likeness (QED) is 0.265. The molecule has 0 aliphatic heterocycles. The van der Waals surface area contributed by atoms with Crippen LogP contribution in [0.3, 0.4) is 0 Å². The molecule has 3 aromatic rings. The van der Waals surface area contributed by atoms with Crippen molar-refractivity contribution in [1.29, 1.82) is 0 Å². The van der Waals surface area contributed by atoms with Crippen molar-refractivity contribution in [3.8, 4) is 5.75 Å². The first-order chi connectivity index (χ1) is 18.7. The van der Waals surface area contributed by atoms with Gasteiger partial charge in [-0.2, -0.15) is 0 Å². The van der Waals surface area contributed by atoms with E-state index in [9.17, 15) is 14.4 Å². The molecule has 7 heteroatoms. The summed E-state index contributed by atoms with van der Waals surface area (Å²) in [7, 11) is 3.39. The summed E-state index contributed by atoms with van der Waals surface area (Å²) in [5, 5.41) is 3.83. The Bertz CT molecular complexity index is 1300. The second-order valence-electron chi connectivity index (χ2n) is 10.3. The SMILES string of the molecule is CCCCCCC(NC(C)=O)(C(=O)N(C)CCCC)c1c(C)n(C(=O)c2ccccc2)c2ccc(OC)cc12. The van der Waals surface area contributed by atoms with Gasteiger partial charge in [0.2, 0.25) is 5.91 Å². The largest absolute Gasteiger partial charge is 0.497 e. The highest BCUT2D eigenvalue weighted by molar-refractivity contribution is 6.07. The maximum Gasteiger partial charge on any atom is 0.262 e. The van der Waals surface area contributed by atoms with Crippen molar-refractivity contribution in [3.63, 3.8) is 0 Å². The van der Waals surface area contributed by atoms with Crippen LogP contribution in [0.4, 0.5) is 0 Å². The van der Waals surface area contributed by atoms with Gasteiger partial charge in [-0.1, -0.05) is 64.2 Å². The summed E-state index contributed by atoms with van der Waals surface area (Å²) < 4.78 is 7.23. The summed E-state index contributed by atoms with van der Waals surface area (Å²) in [4.78, 5) is 42.9.